The number of nitrogens with two attached hydrogens (primary N) is 1. The number of benzene rings is 1. The van der Waals surface area contributed by atoms with Crippen LogP contribution in [0.3, 0.4) is 0 Å². The molecule has 1 heterocycles. The molecule has 0 amide bonds. The second-order valence-corrected chi connectivity index (χ2v) is 6.31. The van der Waals surface area contributed by atoms with E-state index in [1.165, 1.54) is 0 Å². The Balaban J connectivity index is 2.62. The van der Waals surface area contributed by atoms with E-state index in [9.17, 15) is 0 Å². The number of halogens is 2. The first-order valence-corrected chi connectivity index (χ1v) is 7.75. The maximum Gasteiger partial charge on any atom is 0.167 e. The van der Waals surface area contributed by atoms with Gasteiger partial charge in [-0.05, 0) is 40.4 Å². The third-order valence-electron chi connectivity index (χ3n) is 2.97. The van der Waals surface area contributed by atoms with Crippen LogP contribution >= 0.6 is 27.5 Å². The molecule has 0 saturated carbocycles. The number of nitrogens with zero attached hydrogens (tertiary/aromatic N) is 2. The Morgan fingerprint density at radius 2 is 2.05 bits per heavy atom. The van der Waals surface area contributed by atoms with Gasteiger partial charge in [-0.25, -0.2) is 9.97 Å². The highest BCUT2D eigenvalue weighted by molar-refractivity contribution is 9.10. The minimum Gasteiger partial charge on any atom is -0.496 e. The molecule has 0 unspecified atom stereocenters. The fourth-order valence-electron chi connectivity index (χ4n) is 2.04. The maximum atomic E-state index is 6.28. The zero-order chi connectivity index (χ0) is 15.6. The lowest BCUT2D eigenvalue weighted by molar-refractivity contribution is 0.416. The van der Waals surface area contributed by atoms with Gasteiger partial charge in [0.25, 0.3) is 0 Å². The predicted molar refractivity (Wildman–Crippen MR) is 89.7 cm³/mol. The van der Waals surface area contributed by atoms with Crippen LogP contribution in [0.5, 0.6) is 5.75 Å². The number of aromatic nitrogens is 2. The van der Waals surface area contributed by atoms with Crippen LogP contribution in [0.1, 0.15) is 19.5 Å². The molecule has 0 radical (unpaired) electrons. The topological polar surface area (TPSA) is 61.0 Å². The molecule has 0 spiro atoms. The lowest BCUT2D eigenvalue weighted by Gasteiger charge is -2.13. The summed E-state index contributed by atoms with van der Waals surface area (Å²) >= 11 is 9.74. The van der Waals surface area contributed by atoms with Crippen molar-refractivity contribution >= 4 is 33.3 Å². The van der Waals surface area contributed by atoms with Gasteiger partial charge in [0.2, 0.25) is 0 Å². The normalized spacial score (nSPS) is 11.0. The van der Waals surface area contributed by atoms with Crippen LogP contribution in [0.4, 0.5) is 5.82 Å². The van der Waals surface area contributed by atoms with Crippen molar-refractivity contribution in [2.45, 2.75) is 20.3 Å². The van der Waals surface area contributed by atoms with E-state index in [-0.39, 0.29) is 0 Å². The molecular formula is C15H17BrClN3O. The van der Waals surface area contributed by atoms with Crippen molar-refractivity contribution in [3.05, 3.63) is 33.4 Å². The largest absolute Gasteiger partial charge is 0.496 e. The van der Waals surface area contributed by atoms with Gasteiger partial charge in [-0.3, -0.25) is 0 Å². The molecule has 0 atom stereocenters. The van der Waals surface area contributed by atoms with Crippen molar-refractivity contribution in [2.24, 2.45) is 5.92 Å². The standard InChI is InChI=1S/C15H17BrClN3O/c1-8(2)7-10-13(16)14(18)20-15(19-10)12-9(17)5-4-6-11(12)21-3/h4-6,8H,7H2,1-3H3,(H2,18,19,20). The van der Waals surface area contributed by atoms with E-state index in [0.717, 1.165) is 16.6 Å². The smallest absolute Gasteiger partial charge is 0.167 e. The quantitative estimate of drug-likeness (QED) is 0.869. The molecule has 2 rings (SSSR count). The average molecular weight is 371 g/mol. The minimum atomic E-state index is 0.401. The number of hydrogen-bond donors (Lipinski definition) is 1. The van der Waals surface area contributed by atoms with Gasteiger partial charge >= 0.3 is 0 Å². The van der Waals surface area contributed by atoms with Crippen LogP contribution in [-0.4, -0.2) is 17.1 Å². The van der Waals surface area contributed by atoms with Crippen molar-refractivity contribution in [3.8, 4) is 17.1 Å². The van der Waals surface area contributed by atoms with E-state index in [4.69, 9.17) is 22.1 Å². The molecule has 1 aromatic carbocycles. The number of ether oxygens (including phenoxy) is 1. The fourth-order valence-corrected chi connectivity index (χ4v) is 2.63. The molecule has 1 aromatic heterocycles. The Hall–Kier alpha value is -1.33. The summed E-state index contributed by atoms with van der Waals surface area (Å²) < 4.78 is 6.10. The van der Waals surface area contributed by atoms with Gasteiger partial charge in [0.05, 0.1) is 27.9 Å². The Kier molecular flexibility index (Phi) is 5.06. The van der Waals surface area contributed by atoms with Gasteiger partial charge in [-0.15, -0.1) is 0 Å². The average Bonchev–Trinajstić information content (AvgIpc) is 2.42. The molecular weight excluding hydrogens is 354 g/mol. The first-order chi connectivity index (χ1) is 9.93. The lowest BCUT2D eigenvalue weighted by Crippen LogP contribution is -2.06. The first-order valence-electron chi connectivity index (χ1n) is 6.58. The van der Waals surface area contributed by atoms with Gasteiger partial charge in [-0.2, -0.15) is 0 Å². The number of rotatable bonds is 4. The molecule has 0 bridgehead atoms. The lowest BCUT2D eigenvalue weighted by atomic mass is 10.1. The zero-order valence-corrected chi connectivity index (χ0v) is 14.5. The van der Waals surface area contributed by atoms with Crippen LogP contribution in [0.2, 0.25) is 5.02 Å². The molecule has 0 aliphatic rings. The highest BCUT2D eigenvalue weighted by Gasteiger charge is 2.17. The van der Waals surface area contributed by atoms with Gasteiger partial charge in [-0.1, -0.05) is 31.5 Å². The van der Waals surface area contributed by atoms with Crippen molar-refractivity contribution in [1.29, 1.82) is 0 Å². The molecule has 2 N–H and O–H groups in total. The SMILES string of the molecule is COc1cccc(Cl)c1-c1nc(N)c(Br)c(CC(C)C)n1. The van der Waals surface area contributed by atoms with Crippen molar-refractivity contribution in [2.75, 3.05) is 12.8 Å². The molecule has 0 aliphatic heterocycles. The molecule has 4 nitrogen and oxygen atoms in total. The van der Waals surface area contributed by atoms with Gasteiger partial charge in [0, 0.05) is 0 Å². The summed E-state index contributed by atoms with van der Waals surface area (Å²) in [6.45, 7) is 4.25. The van der Waals surface area contributed by atoms with E-state index >= 15 is 0 Å². The fraction of sp³-hybridized carbons (Fsp3) is 0.333. The minimum absolute atomic E-state index is 0.401. The Bertz CT molecular complexity index is 662. The highest BCUT2D eigenvalue weighted by atomic mass is 79.9. The van der Waals surface area contributed by atoms with Gasteiger partial charge < -0.3 is 10.5 Å². The summed E-state index contributed by atoms with van der Waals surface area (Å²) in [4.78, 5) is 8.95. The van der Waals surface area contributed by atoms with Crippen LogP contribution in [0.25, 0.3) is 11.4 Å². The van der Waals surface area contributed by atoms with Gasteiger partial charge in [0.15, 0.2) is 5.82 Å². The molecule has 0 aliphatic carbocycles. The van der Waals surface area contributed by atoms with Crippen molar-refractivity contribution in [3.63, 3.8) is 0 Å². The Morgan fingerprint density at radius 3 is 2.67 bits per heavy atom. The zero-order valence-electron chi connectivity index (χ0n) is 12.2. The summed E-state index contributed by atoms with van der Waals surface area (Å²) in [6, 6.07) is 5.43. The summed E-state index contributed by atoms with van der Waals surface area (Å²) in [7, 11) is 1.59. The maximum absolute atomic E-state index is 6.28. The number of anilines is 1. The summed E-state index contributed by atoms with van der Waals surface area (Å²) in [5.41, 5.74) is 7.52. The number of hydrogen-bond acceptors (Lipinski definition) is 4. The number of methoxy groups -OCH3 is 1. The molecule has 112 valence electrons. The molecule has 6 heteroatoms. The van der Waals surface area contributed by atoms with Crippen LogP contribution in [0, 0.1) is 5.92 Å². The monoisotopic (exact) mass is 369 g/mol. The third kappa shape index (κ3) is 3.47. The Morgan fingerprint density at radius 1 is 1.33 bits per heavy atom. The summed E-state index contributed by atoms with van der Waals surface area (Å²) in [6.07, 6.45) is 0.799. The number of nitrogen functional groups attached to an aromatic ring is 1. The van der Waals surface area contributed by atoms with Gasteiger partial charge in [0.1, 0.15) is 11.6 Å². The molecule has 0 saturated heterocycles. The second kappa shape index (κ2) is 6.62. The molecule has 0 fully saturated rings. The van der Waals surface area contributed by atoms with E-state index in [2.05, 4.69) is 39.7 Å². The van der Waals surface area contributed by atoms with Crippen molar-refractivity contribution in [1.82, 2.24) is 9.97 Å². The summed E-state index contributed by atoms with van der Waals surface area (Å²) in [5.74, 6) is 1.96. The van der Waals surface area contributed by atoms with Crippen LogP contribution < -0.4 is 10.5 Å². The van der Waals surface area contributed by atoms with Crippen LogP contribution in [-0.2, 0) is 6.42 Å². The van der Waals surface area contributed by atoms with E-state index < -0.39 is 0 Å². The highest BCUT2D eigenvalue weighted by Crippen LogP contribution is 2.36. The van der Waals surface area contributed by atoms with E-state index in [0.29, 0.717) is 33.9 Å². The van der Waals surface area contributed by atoms with E-state index in [1.54, 1.807) is 13.2 Å². The molecule has 21 heavy (non-hydrogen) atoms. The predicted octanol–water partition coefficient (Wildman–Crippen LogP) is 4.35. The van der Waals surface area contributed by atoms with E-state index in [1.807, 2.05) is 12.1 Å². The van der Waals surface area contributed by atoms with Crippen LogP contribution in [0.15, 0.2) is 22.7 Å². The second-order valence-electron chi connectivity index (χ2n) is 5.11. The summed E-state index contributed by atoms with van der Waals surface area (Å²) in [5, 5.41) is 0.534. The first kappa shape index (κ1) is 16.0. The Labute approximate surface area is 137 Å². The molecule has 2 aromatic rings. The van der Waals surface area contributed by atoms with Crippen molar-refractivity contribution < 1.29 is 4.74 Å². The third-order valence-corrected chi connectivity index (χ3v) is 4.14.